The van der Waals surface area contributed by atoms with E-state index in [4.69, 9.17) is 13.9 Å². The summed E-state index contributed by atoms with van der Waals surface area (Å²) >= 11 is 0. The Bertz CT molecular complexity index is 736. The second-order valence-electron chi connectivity index (χ2n) is 6.79. The molecule has 3 heterocycles. The predicted molar refractivity (Wildman–Crippen MR) is 96.0 cm³/mol. The molecule has 2 aromatic rings. The number of likely N-dealkylation sites (tertiary alicyclic amines) is 1. The number of carbonyl (C=O) groups is 1. The van der Waals surface area contributed by atoms with Gasteiger partial charge in [-0.1, -0.05) is 12.1 Å². The molecule has 0 atom stereocenters. The van der Waals surface area contributed by atoms with E-state index in [1.165, 1.54) is 0 Å². The van der Waals surface area contributed by atoms with Gasteiger partial charge in [-0.05, 0) is 44.1 Å². The maximum atomic E-state index is 12.3. The maximum absolute atomic E-state index is 12.3. The normalized spacial score (nSPS) is 17.8. The molecule has 1 amide bonds. The van der Waals surface area contributed by atoms with Crippen LogP contribution in [0, 0.1) is 5.92 Å². The van der Waals surface area contributed by atoms with Gasteiger partial charge in [-0.3, -0.25) is 9.69 Å². The van der Waals surface area contributed by atoms with Gasteiger partial charge in [-0.15, -0.1) is 0 Å². The molecule has 2 aliphatic rings. The van der Waals surface area contributed by atoms with Crippen LogP contribution in [0.15, 0.2) is 41.0 Å². The molecule has 4 rings (SSSR count). The molecule has 0 unspecified atom stereocenters. The van der Waals surface area contributed by atoms with Gasteiger partial charge in [-0.2, -0.15) is 0 Å². The second kappa shape index (κ2) is 7.83. The molecule has 0 spiro atoms. The summed E-state index contributed by atoms with van der Waals surface area (Å²) in [5, 5.41) is 2.97. The first kappa shape index (κ1) is 17.0. The Balaban J connectivity index is 1.28. The van der Waals surface area contributed by atoms with E-state index in [2.05, 4.69) is 16.3 Å². The quantitative estimate of drug-likeness (QED) is 0.892. The number of carbonyl (C=O) groups excluding carboxylic acids is 1. The summed E-state index contributed by atoms with van der Waals surface area (Å²) in [5.74, 6) is 2.69. The smallest absolute Gasteiger partial charge is 0.223 e. The number of benzene rings is 1. The van der Waals surface area contributed by atoms with Gasteiger partial charge in [0.1, 0.15) is 19.0 Å². The minimum atomic E-state index is 0.0745. The first-order valence-electron chi connectivity index (χ1n) is 9.19. The third kappa shape index (κ3) is 3.85. The summed E-state index contributed by atoms with van der Waals surface area (Å²) in [5.41, 5.74) is 1.16. The zero-order valence-corrected chi connectivity index (χ0v) is 14.8. The van der Waals surface area contributed by atoms with Crippen molar-refractivity contribution in [2.75, 3.05) is 26.3 Å². The molecule has 1 N–H and O–H groups in total. The average Bonchev–Trinajstić information content (AvgIpc) is 3.21. The van der Waals surface area contributed by atoms with Gasteiger partial charge in [0.15, 0.2) is 11.5 Å². The number of furan rings is 1. The van der Waals surface area contributed by atoms with Gasteiger partial charge in [0.05, 0.1) is 12.8 Å². The Morgan fingerprint density at radius 1 is 1.12 bits per heavy atom. The van der Waals surface area contributed by atoms with E-state index in [1.54, 1.807) is 6.26 Å². The molecule has 1 aromatic heterocycles. The van der Waals surface area contributed by atoms with E-state index in [9.17, 15) is 4.79 Å². The van der Waals surface area contributed by atoms with Crippen LogP contribution in [0.25, 0.3) is 0 Å². The lowest BCUT2D eigenvalue weighted by Gasteiger charge is -2.32. The van der Waals surface area contributed by atoms with Crippen molar-refractivity contribution in [1.29, 1.82) is 0 Å². The van der Waals surface area contributed by atoms with Crippen molar-refractivity contribution in [3.05, 3.63) is 47.9 Å². The summed E-state index contributed by atoms with van der Waals surface area (Å²) in [6.07, 6.45) is 3.36. The molecule has 6 nitrogen and oxygen atoms in total. The van der Waals surface area contributed by atoms with Crippen molar-refractivity contribution in [2.24, 2.45) is 5.92 Å². The molecular weight excluding hydrogens is 332 g/mol. The third-order valence-electron chi connectivity index (χ3n) is 5.02. The van der Waals surface area contributed by atoms with Crippen LogP contribution < -0.4 is 14.8 Å². The molecule has 6 heteroatoms. The molecule has 138 valence electrons. The van der Waals surface area contributed by atoms with E-state index in [0.29, 0.717) is 19.8 Å². The number of nitrogens with one attached hydrogen (secondary N) is 1. The molecule has 1 aromatic carbocycles. The first-order chi connectivity index (χ1) is 12.8. The van der Waals surface area contributed by atoms with Crippen LogP contribution >= 0.6 is 0 Å². The lowest BCUT2D eigenvalue weighted by molar-refractivity contribution is -0.126. The molecule has 0 saturated carbocycles. The fourth-order valence-electron chi connectivity index (χ4n) is 3.58. The number of piperidine rings is 1. The monoisotopic (exact) mass is 356 g/mol. The van der Waals surface area contributed by atoms with E-state index in [0.717, 1.165) is 55.3 Å². The van der Waals surface area contributed by atoms with Crippen molar-refractivity contribution in [3.8, 4) is 11.5 Å². The van der Waals surface area contributed by atoms with Crippen LogP contribution in [0.1, 0.15) is 24.2 Å². The average molecular weight is 356 g/mol. The highest BCUT2D eigenvalue weighted by Crippen LogP contribution is 2.34. The van der Waals surface area contributed by atoms with Gasteiger partial charge in [-0.25, -0.2) is 0 Å². The number of amides is 1. The minimum Gasteiger partial charge on any atom is -0.486 e. The lowest BCUT2D eigenvalue weighted by atomic mass is 9.95. The number of fused-ring (bicyclic) bond motifs is 1. The molecule has 26 heavy (non-hydrogen) atoms. The standard InChI is InChI=1S/C20H24N2O4/c23-20(21-13-17-4-2-10-24-17)15-6-8-22(9-7-15)14-16-3-1-5-18-19(16)26-12-11-25-18/h1-5,10,15H,6-9,11-14H2,(H,21,23). The van der Waals surface area contributed by atoms with Crippen molar-refractivity contribution in [1.82, 2.24) is 10.2 Å². The van der Waals surface area contributed by atoms with Crippen LogP contribution in [0.2, 0.25) is 0 Å². The van der Waals surface area contributed by atoms with Crippen LogP contribution in [0.5, 0.6) is 11.5 Å². The van der Waals surface area contributed by atoms with E-state index < -0.39 is 0 Å². The Morgan fingerprint density at radius 3 is 2.77 bits per heavy atom. The summed E-state index contributed by atoms with van der Waals surface area (Å²) in [7, 11) is 0. The second-order valence-corrected chi connectivity index (χ2v) is 6.79. The molecule has 1 saturated heterocycles. The number of rotatable bonds is 5. The molecule has 0 radical (unpaired) electrons. The SMILES string of the molecule is O=C(NCc1ccco1)C1CCN(Cc2cccc3c2OCCO3)CC1. The van der Waals surface area contributed by atoms with E-state index in [1.807, 2.05) is 24.3 Å². The number of ether oxygens (including phenoxy) is 2. The minimum absolute atomic E-state index is 0.0745. The summed E-state index contributed by atoms with van der Waals surface area (Å²) in [4.78, 5) is 14.7. The van der Waals surface area contributed by atoms with Gasteiger partial charge in [0.2, 0.25) is 5.91 Å². The van der Waals surface area contributed by atoms with Gasteiger partial charge >= 0.3 is 0 Å². The number of nitrogens with zero attached hydrogens (tertiary/aromatic N) is 1. The van der Waals surface area contributed by atoms with Gasteiger partial charge in [0, 0.05) is 18.0 Å². The van der Waals surface area contributed by atoms with Crippen molar-refractivity contribution >= 4 is 5.91 Å². The topological polar surface area (TPSA) is 63.9 Å². The van der Waals surface area contributed by atoms with Crippen LogP contribution in [0.4, 0.5) is 0 Å². The Labute approximate surface area is 153 Å². The van der Waals surface area contributed by atoms with Crippen molar-refractivity contribution < 1.29 is 18.7 Å². The molecule has 0 aliphatic carbocycles. The molecule has 1 fully saturated rings. The highest BCUT2D eigenvalue weighted by atomic mass is 16.6. The maximum Gasteiger partial charge on any atom is 0.223 e. The van der Waals surface area contributed by atoms with E-state index in [-0.39, 0.29) is 11.8 Å². The largest absolute Gasteiger partial charge is 0.486 e. The van der Waals surface area contributed by atoms with Gasteiger partial charge < -0.3 is 19.2 Å². The van der Waals surface area contributed by atoms with Gasteiger partial charge in [0.25, 0.3) is 0 Å². The summed E-state index contributed by atoms with van der Waals surface area (Å²) < 4.78 is 16.7. The zero-order chi connectivity index (χ0) is 17.8. The number of hydrogen-bond donors (Lipinski definition) is 1. The number of hydrogen-bond acceptors (Lipinski definition) is 5. The summed E-state index contributed by atoms with van der Waals surface area (Å²) in [6, 6.07) is 9.76. The van der Waals surface area contributed by atoms with Crippen LogP contribution in [-0.2, 0) is 17.9 Å². The highest BCUT2D eigenvalue weighted by molar-refractivity contribution is 5.78. The van der Waals surface area contributed by atoms with Crippen molar-refractivity contribution in [3.63, 3.8) is 0 Å². The molecule has 0 bridgehead atoms. The molecule has 2 aliphatic heterocycles. The number of para-hydroxylation sites is 1. The Kier molecular flexibility index (Phi) is 5.11. The third-order valence-corrected chi connectivity index (χ3v) is 5.02. The highest BCUT2D eigenvalue weighted by Gasteiger charge is 2.26. The first-order valence-corrected chi connectivity index (χ1v) is 9.19. The fraction of sp³-hybridized carbons (Fsp3) is 0.450. The Morgan fingerprint density at radius 2 is 1.96 bits per heavy atom. The summed E-state index contributed by atoms with van der Waals surface area (Å²) in [6.45, 7) is 4.30. The Hall–Kier alpha value is -2.47. The predicted octanol–water partition coefficient (Wildman–Crippen LogP) is 2.58. The lowest BCUT2D eigenvalue weighted by Crippen LogP contribution is -2.40. The molecular formula is C20H24N2O4. The van der Waals surface area contributed by atoms with Crippen molar-refractivity contribution in [2.45, 2.75) is 25.9 Å². The van der Waals surface area contributed by atoms with Crippen LogP contribution in [-0.4, -0.2) is 37.1 Å². The van der Waals surface area contributed by atoms with Crippen LogP contribution in [0.3, 0.4) is 0 Å². The van der Waals surface area contributed by atoms with E-state index >= 15 is 0 Å². The fourth-order valence-corrected chi connectivity index (χ4v) is 3.58. The zero-order valence-electron chi connectivity index (χ0n) is 14.8.